The average molecular weight is 409 g/mol. The highest BCUT2D eigenvalue weighted by molar-refractivity contribution is 5.96. The van der Waals surface area contributed by atoms with E-state index in [4.69, 9.17) is 0 Å². The first-order valence-corrected chi connectivity index (χ1v) is 10.1. The van der Waals surface area contributed by atoms with E-state index >= 15 is 0 Å². The van der Waals surface area contributed by atoms with Crippen LogP contribution in [0.1, 0.15) is 42.6 Å². The molecule has 2 heterocycles. The van der Waals surface area contributed by atoms with Gasteiger partial charge in [0.25, 0.3) is 5.91 Å². The topological polar surface area (TPSA) is 64.7 Å². The Balaban J connectivity index is 0.00000280. The number of likely N-dealkylation sites (tertiary alicyclic amines) is 1. The van der Waals surface area contributed by atoms with E-state index in [2.05, 4.69) is 15.5 Å². The van der Waals surface area contributed by atoms with Gasteiger partial charge in [0.05, 0.1) is 0 Å². The minimum atomic E-state index is 0. The summed E-state index contributed by atoms with van der Waals surface area (Å²) in [4.78, 5) is 29.4. The monoisotopic (exact) mass is 408 g/mol. The lowest BCUT2D eigenvalue weighted by molar-refractivity contribution is -0.116. The number of carbonyl (C=O) groups is 2. The fourth-order valence-electron chi connectivity index (χ4n) is 3.96. The lowest BCUT2D eigenvalue weighted by Crippen LogP contribution is -2.49. The molecule has 1 atom stereocenters. The highest BCUT2D eigenvalue weighted by atomic mass is 35.5. The van der Waals surface area contributed by atoms with Crippen LogP contribution in [0.15, 0.2) is 18.2 Å². The first-order chi connectivity index (χ1) is 12.9. The molecule has 0 radical (unpaired) electrons. The third kappa shape index (κ3) is 5.69. The Morgan fingerprint density at radius 1 is 1.21 bits per heavy atom. The van der Waals surface area contributed by atoms with Crippen LogP contribution >= 0.6 is 12.4 Å². The van der Waals surface area contributed by atoms with Crippen LogP contribution in [0, 0.1) is 12.8 Å². The van der Waals surface area contributed by atoms with E-state index in [-0.39, 0.29) is 24.2 Å². The summed E-state index contributed by atoms with van der Waals surface area (Å²) in [6.07, 6.45) is 1.55. The average Bonchev–Trinajstić information content (AvgIpc) is 3.13. The highest BCUT2D eigenvalue weighted by Gasteiger charge is 2.31. The molecule has 156 valence electrons. The highest BCUT2D eigenvalue weighted by Crippen LogP contribution is 2.22. The molecule has 1 aromatic rings. The number of anilines is 1. The van der Waals surface area contributed by atoms with Crippen molar-refractivity contribution >= 4 is 29.9 Å². The summed E-state index contributed by atoms with van der Waals surface area (Å²) in [6.45, 7) is 11.8. The quantitative estimate of drug-likeness (QED) is 0.785. The molecule has 2 saturated heterocycles. The molecule has 28 heavy (non-hydrogen) atoms. The number of hydrogen-bond acceptors (Lipinski definition) is 4. The number of benzene rings is 1. The summed E-state index contributed by atoms with van der Waals surface area (Å²) in [5, 5.41) is 6.33. The molecule has 0 spiro atoms. The maximum Gasteiger partial charge on any atom is 0.253 e. The molecule has 0 aliphatic carbocycles. The molecule has 0 saturated carbocycles. The van der Waals surface area contributed by atoms with Gasteiger partial charge < -0.3 is 15.5 Å². The van der Waals surface area contributed by atoms with Crippen molar-refractivity contribution in [3.63, 3.8) is 0 Å². The number of piperazine rings is 1. The van der Waals surface area contributed by atoms with E-state index in [1.54, 1.807) is 0 Å². The second-order valence-corrected chi connectivity index (χ2v) is 8.16. The summed E-state index contributed by atoms with van der Waals surface area (Å²) >= 11 is 0. The summed E-state index contributed by atoms with van der Waals surface area (Å²) in [7, 11) is 0. The van der Waals surface area contributed by atoms with Gasteiger partial charge in [-0.2, -0.15) is 0 Å². The summed E-state index contributed by atoms with van der Waals surface area (Å²) in [5.41, 5.74) is 2.42. The van der Waals surface area contributed by atoms with Crippen LogP contribution < -0.4 is 10.6 Å². The van der Waals surface area contributed by atoms with Crippen LogP contribution in [-0.4, -0.2) is 66.9 Å². The largest absolute Gasteiger partial charge is 0.337 e. The maximum absolute atomic E-state index is 12.9. The lowest BCUT2D eigenvalue weighted by Gasteiger charge is -2.32. The van der Waals surface area contributed by atoms with Crippen molar-refractivity contribution in [1.82, 2.24) is 15.1 Å². The van der Waals surface area contributed by atoms with Crippen molar-refractivity contribution in [2.75, 3.05) is 44.6 Å². The molecule has 2 fully saturated rings. The summed E-state index contributed by atoms with van der Waals surface area (Å²) in [5.74, 6) is 0.436. The van der Waals surface area contributed by atoms with Gasteiger partial charge in [0.2, 0.25) is 5.91 Å². The molecular weight excluding hydrogens is 376 g/mol. The van der Waals surface area contributed by atoms with Crippen molar-refractivity contribution in [3.8, 4) is 0 Å². The molecule has 0 bridgehead atoms. The van der Waals surface area contributed by atoms with E-state index in [1.165, 1.54) is 0 Å². The number of rotatable bonds is 5. The molecule has 1 unspecified atom stereocenters. The Labute approximate surface area is 174 Å². The van der Waals surface area contributed by atoms with E-state index in [0.29, 0.717) is 23.9 Å². The molecule has 2 aliphatic heterocycles. The van der Waals surface area contributed by atoms with Crippen LogP contribution in [-0.2, 0) is 4.79 Å². The standard InChI is InChI=1S/C21H32N4O2.ClH/c1-15(2)12-20(26)23-19-5-4-17(13-16(19)3)21(27)25-9-6-18(14-25)24-10-7-22-8-11-24;/h4-5,13,15,18,22H,6-12,14H2,1-3H3,(H,23,26);1H. The van der Waals surface area contributed by atoms with Gasteiger partial charge >= 0.3 is 0 Å². The number of nitrogens with zero attached hydrogens (tertiary/aromatic N) is 2. The Kier molecular flexibility index (Phi) is 8.28. The predicted octanol–water partition coefficient (Wildman–Crippen LogP) is 2.52. The second-order valence-electron chi connectivity index (χ2n) is 8.16. The third-order valence-electron chi connectivity index (χ3n) is 5.46. The fraction of sp³-hybridized carbons (Fsp3) is 0.619. The van der Waals surface area contributed by atoms with Crippen molar-refractivity contribution in [2.45, 2.75) is 39.7 Å². The SMILES string of the molecule is Cc1cc(C(=O)N2CCC(N3CCNCC3)C2)ccc1NC(=O)CC(C)C.Cl. The van der Waals surface area contributed by atoms with Gasteiger partial charge in [-0.3, -0.25) is 14.5 Å². The van der Waals surface area contributed by atoms with Crippen LogP contribution in [0.2, 0.25) is 0 Å². The zero-order valence-electron chi connectivity index (χ0n) is 17.2. The molecule has 6 nitrogen and oxygen atoms in total. The van der Waals surface area contributed by atoms with E-state index in [1.807, 2.05) is 43.9 Å². The molecule has 7 heteroatoms. The molecule has 2 N–H and O–H groups in total. The smallest absolute Gasteiger partial charge is 0.253 e. The van der Waals surface area contributed by atoms with Crippen molar-refractivity contribution < 1.29 is 9.59 Å². The number of halogens is 1. The first kappa shape index (κ1) is 22.7. The molecule has 0 aromatic heterocycles. The van der Waals surface area contributed by atoms with Gasteiger partial charge in [-0.25, -0.2) is 0 Å². The van der Waals surface area contributed by atoms with Crippen LogP contribution in [0.5, 0.6) is 0 Å². The van der Waals surface area contributed by atoms with Gasteiger partial charge in [-0.1, -0.05) is 13.8 Å². The molecule has 1 aromatic carbocycles. The van der Waals surface area contributed by atoms with Gasteiger partial charge in [0.15, 0.2) is 0 Å². The maximum atomic E-state index is 12.9. The number of aryl methyl sites for hydroxylation is 1. The summed E-state index contributed by atoms with van der Waals surface area (Å²) in [6, 6.07) is 6.06. The van der Waals surface area contributed by atoms with E-state index < -0.39 is 0 Å². The minimum Gasteiger partial charge on any atom is -0.337 e. The second kappa shape index (κ2) is 10.2. The number of carbonyl (C=O) groups excluding carboxylic acids is 2. The van der Waals surface area contributed by atoms with E-state index in [9.17, 15) is 9.59 Å². The first-order valence-electron chi connectivity index (χ1n) is 10.1. The molecule has 3 rings (SSSR count). The van der Waals surface area contributed by atoms with Crippen molar-refractivity contribution in [3.05, 3.63) is 29.3 Å². The zero-order chi connectivity index (χ0) is 19.4. The Hall–Kier alpha value is -1.63. The normalized spacial score (nSPS) is 20.1. The molecule has 2 amide bonds. The fourth-order valence-corrected chi connectivity index (χ4v) is 3.96. The lowest BCUT2D eigenvalue weighted by atomic mass is 10.1. The minimum absolute atomic E-state index is 0. The van der Waals surface area contributed by atoms with E-state index in [0.717, 1.165) is 56.9 Å². The summed E-state index contributed by atoms with van der Waals surface area (Å²) < 4.78 is 0. The van der Waals surface area contributed by atoms with Gasteiger partial charge in [-0.05, 0) is 43.0 Å². The van der Waals surface area contributed by atoms with Gasteiger partial charge in [-0.15, -0.1) is 12.4 Å². The Bertz CT molecular complexity index is 689. The Morgan fingerprint density at radius 3 is 2.57 bits per heavy atom. The number of hydrogen-bond donors (Lipinski definition) is 2. The van der Waals surface area contributed by atoms with Crippen LogP contribution in [0.25, 0.3) is 0 Å². The third-order valence-corrected chi connectivity index (χ3v) is 5.46. The number of amides is 2. The molecule has 2 aliphatic rings. The van der Waals surface area contributed by atoms with Crippen molar-refractivity contribution in [2.24, 2.45) is 5.92 Å². The van der Waals surface area contributed by atoms with Crippen molar-refractivity contribution in [1.29, 1.82) is 0 Å². The van der Waals surface area contributed by atoms with Crippen LogP contribution in [0.3, 0.4) is 0 Å². The zero-order valence-corrected chi connectivity index (χ0v) is 18.0. The Morgan fingerprint density at radius 2 is 1.93 bits per heavy atom. The van der Waals surface area contributed by atoms with Gasteiger partial charge in [0, 0.05) is 63.0 Å². The predicted molar refractivity (Wildman–Crippen MR) is 115 cm³/mol. The number of nitrogens with one attached hydrogen (secondary N) is 2. The van der Waals surface area contributed by atoms with Gasteiger partial charge in [0.1, 0.15) is 0 Å². The van der Waals surface area contributed by atoms with Crippen LogP contribution in [0.4, 0.5) is 5.69 Å². The molecular formula is C21H33ClN4O2.